The van der Waals surface area contributed by atoms with Crippen LogP contribution in [0.1, 0.15) is 5.69 Å². The minimum absolute atomic E-state index is 0.129. The van der Waals surface area contributed by atoms with Crippen LogP contribution >= 0.6 is 23.1 Å². The molecule has 1 heterocycles. The maximum Gasteiger partial charge on any atom is 0.230 e. The van der Waals surface area contributed by atoms with E-state index in [2.05, 4.69) is 15.6 Å². The second-order valence-electron chi connectivity index (χ2n) is 5.99. The second kappa shape index (κ2) is 8.76. The highest BCUT2D eigenvalue weighted by Crippen LogP contribution is 2.25. The van der Waals surface area contributed by atoms with Crippen LogP contribution in [0, 0.1) is 0 Å². The van der Waals surface area contributed by atoms with Gasteiger partial charge in [0.1, 0.15) is 0 Å². The lowest BCUT2D eigenvalue weighted by molar-refractivity contribution is -0.115. The van der Waals surface area contributed by atoms with Crippen molar-refractivity contribution in [2.45, 2.75) is 16.2 Å². The monoisotopic (exact) mass is 433 g/mol. The molecular weight excluding hydrogens is 414 g/mol. The normalized spacial score (nSPS) is 11.2. The van der Waals surface area contributed by atoms with Gasteiger partial charge in [0.05, 0.1) is 22.7 Å². The molecule has 28 heavy (non-hydrogen) atoms. The van der Waals surface area contributed by atoms with Crippen LogP contribution in [-0.4, -0.2) is 31.8 Å². The lowest BCUT2D eigenvalue weighted by Crippen LogP contribution is -2.15. The highest BCUT2D eigenvalue weighted by Gasteiger charge is 2.11. The minimum atomic E-state index is -3.22. The van der Waals surface area contributed by atoms with E-state index in [9.17, 15) is 13.2 Å². The van der Waals surface area contributed by atoms with Crippen molar-refractivity contribution in [1.29, 1.82) is 0 Å². The van der Waals surface area contributed by atoms with Crippen LogP contribution in [-0.2, 0) is 21.1 Å². The fourth-order valence-corrected chi connectivity index (χ4v) is 4.38. The smallest absolute Gasteiger partial charge is 0.230 e. The first-order chi connectivity index (χ1) is 13.3. The summed E-state index contributed by atoms with van der Waals surface area (Å²) in [6.07, 6.45) is 3.31. The third-order valence-electron chi connectivity index (χ3n) is 3.81. The number of sulfone groups is 1. The summed E-state index contributed by atoms with van der Waals surface area (Å²) in [5.41, 5.74) is 2.19. The average Bonchev–Trinajstić information content (AvgIpc) is 3.08. The first kappa shape index (κ1) is 20.4. The molecular formula is C19H19N3O3S3. The van der Waals surface area contributed by atoms with E-state index >= 15 is 0 Å². The molecule has 3 aromatic rings. The van der Waals surface area contributed by atoms with Gasteiger partial charge in [-0.25, -0.2) is 13.4 Å². The van der Waals surface area contributed by atoms with E-state index in [-0.39, 0.29) is 17.2 Å². The van der Waals surface area contributed by atoms with E-state index in [0.717, 1.165) is 16.3 Å². The highest BCUT2D eigenvalue weighted by molar-refractivity contribution is 7.98. The van der Waals surface area contributed by atoms with Crippen LogP contribution in [0.15, 0.2) is 63.7 Å². The van der Waals surface area contributed by atoms with Crippen molar-refractivity contribution in [3.05, 3.63) is 59.6 Å². The lowest BCUT2D eigenvalue weighted by atomic mass is 10.3. The number of thioether (sulfide) groups is 1. The first-order valence-corrected chi connectivity index (χ1v) is 12.3. The molecule has 0 aliphatic carbocycles. The minimum Gasteiger partial charge on any atom is -0.332 e. The lowest BCUT2D eigenvalue weighted by Gasteiger charge is -2.08. The van der Waals surface area contributed by atoms with E-state index < -0.39 is 9.84 Å². The Bertz CT molecular complexity index is 1080. The molecule has 2 aromatic carbocycles. The van der Waals surface area contributed by atoms with E-state index in [1.165, 1.54) is 17.6 Å². The van der Waals surface area contributed by atoms with E-state index in [0.29, 0.717) is 10.8 Å². The van der Waals surface area contributed by atoms with Gasteiger partial charge in [-0.05, 0) is 42.7 Å². The summed E-state index contributed by atoms with van der Waals surface area (Å²) in [6, 6.07) is 14.1. The fraction of sp³-hybridized carbons (Fsp3) is 0.158. The summed E-state index contributed by atoms with van der Waals surface area (Å²) in [7, 11) is -3.22. The van der Waals surface area contributed by atoms with Crippen molar-refractivity contribution in [3.8, 4) is 0 Å². The van der Waals surface area contributed by atoms with Crippen LogP contribution in [0.2, 0.25) is 0 Å². The number of nitrogens with zero attached hydrogens (tertiary/aromatic N) is 1. The average molecular weight is 434 g/mol. The number of carbonyl (C=O) groups excluding carboxylic acids is 1. The zero-order chi connectivity index (χ0) is 20.1. The number of para-hydroxylation sites is 1. The summed E-state index contributed by atoms with van der Waals surface area (Å²) in [5, 5.41) is 8.50. The van der Waals surface area contributed by atoms with Gasteiger partial charge < -0.3 is 10.6 Å². The summed E-state index contributed by atoms with van der Waals surface area (Å²) in [5.74, 6) is -0.129. The second-order valence-corrected chi connectivity index (χ2v) is 9.71. The molecule has 6 nitrogen and oxygen atoms in total. The summed E-state index contributed by atoms with van der Waals surface area (Å²) in [4.78, 5) is 18.0. The summed E-state index contributed by atoms with van der Waals surface area (Å²) >= 11 is 2.96. The van der Waals surface area contributed by atoms with Crippen molar-refractivity contribution >= 4 is 55.3 Å². The zero-order valence-corrected chi connectivity index (χ0v) is 17.7. The molecule has 9 heteroatoms. The number of anilines is 3. The van der Waals surface area contributed by atoms with Crippen LogP contribution in [0.5, 0.6) is 0 Å². The summed E-state index contributed by atoms with van der Waals surface area (Å²) in [6.45, 7) is 0. The number of rotatable bonds is 7. The van der Waals surface area contributed by atoms with Crippen molar-refractivity contribution < 1.29 is 13.2 Å². The molecule has 3 rings (SSSR count). The Balaban J connectivity index is 1.61. The highest BCUT2D eigenvalue weighted by atomic mass is 32.2. The molecule has 2 N–H and O–H groups in total. The molecule has 1 amide bonds. The van der Waals surface area contributed by atoms with Gasteiger partial charge in [0.25, 0.3) is 0 Å². The van der Waals surface area contributed by atoms with Crippen molar-refractivity contribution in [3.63, 3.8) is 0 Å². The SMILES string of the molecule is CSc1ccccc1NC(=O)Cc1csc(Nc2ccc(S(C)(=O)=O)cc2)n1. The predicted molar refractivity (Wildman–Crippen MR) is 116 cm³/mol. The number of carbonyl (C=O) groups is 1. The fourth-order valence-electron chi connectivity index (χ4n) is 2.46. The van der Waals surface area contributed by atoms with Crippen LogP contribution < -0.4 is 10.6 Å². The molecule has 0 saturated carbocycles. The van der Waals surface area contributed by atoms with Gasteiger partial charge >= 0.3 is 0 Å². The maximum absolute atomic E-state index is 12.3. The van der Waals surface area contributed by atoms with Crippen LogP contribution in [0.3, 0.4) is 0 Å². The number of aromatic nitrogens is 1. The van der Waals surface area contributed by atoms with Crippen LogP contribution in [0.25, 0.3) is 0 Å². The number of hydrogen-bond donors (Lipinski definition) is 2. The molecule has 0 fully saturated rings. The van der Waals surface area contributed by atoms with Gasteiger partial charge in [-0.15, -0.1) is 23.1 Å². The van der Waals surface area contributed by atoms with E-state index in [1.54, 1.807) is 36.0 Å². The third-order valence-corrected chi connectivity index (χ3v) is 6.54. The van der Waals surface area contributed by atoms with Crippen LogP contribution in [0.4, 0.5) is 16.5 Å². The topological polar surface area (TPSA) is 88.2 Å². The quantitative estimate of drug-likeness (QED) is 0.543. The summed E-state index contributed by atoms with van der Waals surface area (Å²) < 4.78 is 23.0. The van der Waals surface area contributed by atoms with Gasteiger partial charge in [-0.3, -0.25) is 4.79 Å². The molecule has 0 spiro atoms. The molecule has 0 aliphatic heterocycles. The number of benzene rings is 2. The maximum atomic E-state index is 12.3. The van der Waals surface area contributed by atoms with Gasteiger partial charge in [0, 0.05) is 22.2 Å². The first-order valence-electron chi connectivity index (χ1n) is 8.29. The van der Waals surface area contributed by atoms with Gasteiger partial charge in [0.15, 0.2) is 15.0 Å². The Morgan fingerprint density at radius 2 is 1.86 bits per heavy atom. The molecule has 0 saturated heterocycles. The van der Waals surface area contributed by atoms with Gasteiger partial charge in [-0.1, -0.05) is 12.1 Å². The third kappa shape index (κ3) is 5.34. The molecule has 0 radical (unpaired) electrons. The molecule has 1 aromatic heterocycles. The molecule has 0 aliphatic rings. The van der Waals surface area contributed by atoms with Crippen molar-refractivity contribution in [2.24, 2.45) is 0 Å². The van der Waals surface area contributed by atoms with E-state index in [1.807, 2.05) is 35.9 Å². The van der Waals surface area contributed by atoms with Crippen molar-refractivity contribution in [2.75, 3.05) is 23.1 Å². The number of thiazole rings is 1. The largest absolute Gasteiger partial charge is 0.332 e. The molecule has 0 bridgehead atoms. The Hall–Kier alpha value is -2.36. The Morgan fingerprint density at radius 1 is 1.14 bits per heavy atom. The molecule has 146 valence electrons. The number of nitrogens with one attached hydrogen (secondary N) is 2. The Labute approximate surface area is 172 Å². The Morgan fingerprint density at radius 3 is 2.54 bits per heavy atom. The molecule has 0 atom stereocenters. The molecule has 0 unspecified atom stereocenters. The van der Waals surface area contributed by atoms with Gasteiger partial charge in [-0.2, -0.15) is 0 Å². The number of amides is 1. The van der Waals surface area contributed by atoms with E-state index in [4.69, 9.17) is 0 Å². The Kier molecular flexibility index (Phi) is 6.38. The number of hydrogen-bond acceptors (Lipinski definition) is 7. The van der Waals surface area contributed by atoms with Gasteiger partial charge in [0.2, 0.25) is 5.91 Å². The standard InChI is InChI=1S/C19H19N3O3S3/c1-26-17-6-4-3-5-16(17)22-18(23)11-14-12-27-19(21-14)20-13-7-9-15(10-8-13)28(2,24)25/h3-10,12H,11H2,1-2H3,(H,20,21)(H,22,23). The van der Waals surface area contributed by atoms with Crippen molar-refractivity contribution in [1.82, 2.24) is 4.98 Å². The predicted octanol–water partition coefficient (Wildman–Crippen LogP) is 4.19. The zero-order valence-electron chi connectivity index (χ0n) is 15.3.